The van der Waals surface area contributed by atoms with Crippen molar-refractivity contribution >= 4 is 13.3 Å². The third-order valence-corrected chi connectivity index (χ3v) is 1.63. The van der Waals surface area contributed by atoms with E-state index in [1.54, 1.807) is 0 Å². The molecule has 1 aromatic rings. The second-order valence-electron chi connectivity index (χ2n) is 2.73. The molecule has 0 atom stereocenters. The van der Waals surface area contributed by atoms with Crippen LogP contribution in [0.2, 0.25) is 0 Å². The van der Waals surface area contributed by atoms with Gasteiger partial charge >= 0.3 is 6.98 Å². The Balaban J connectivity index is 2.94. The van der Waals surface area contributed by atoms with E-state index in [1.165, 1.54) is 24.3 Å². The summed E-state index contributed by atoms with van der Waals surface area (Å²) in [5.41, 5.74) is 0.159. The molecule has 0 amide bonds. The molecule has 0 saturated carbocycles. The topological polar surface area (TPSA) is 17.1 Å². The zero-order valence-corrected chi connectivity index (χ0v) is 6.71. The lowest BCUT2D eigenvalue weighted by atomic mass is 9.80. The van der Waals surface area contributed by atoms with Gasteiger partial charge in [-0.15, -0.1) is 0 Å². The largest absolute Gasteiger partial charge is 0.482 e. The molecule has 0 N–H and O–H groups in total. The SMILES string of the molecule is O=Cc1ccccc1C[B-](F)(F)F. The summed E-state index contributed by atoms with van der Waals surface area (Å²) < 4.78 is 36.0. The molecule has 70 valence electrons. The molecule has 0 heterocycles. The van der Waals surface area contributed by atoms with E-state index in [0.29, 0.717) is 6.29 Å². The minimum absolute atomic E-state index is 0.0463. The van der Waals surface area contributed by atoms with Gasteiger partial charge in [-0.3, -0.25) is 4.79 Å². The van der Waals surface area contributed by atoms with E-state index in [0.717, 1.165) is 0 Å². The van der Waals surface area contributed by atoms with Gasteiger partial charge in [0.05, 0.1) is 0 Å². The molecule has 0 bridgehead atoms. The minimum atomic E-state index is -4.87. The fraction of sp³-hybridized carbons (Fsp3) is 0.125. The molecule has 1 aromatic carbocycles. The van der Waals surface area contributed by atoms with E-state index in [-0.39, 0.29) is 11.1 Å². The van der Waals surface area contributed by atoms with E-state index in [4.69, 9.17) is 0 Å². The van der Waals surface area contributed by atoms with E-state index in [9.17, 15) is 17.7 Å². The number of carbonyl (C=O) groups excluding carboxylic acids is 1. The van der Waals surface area contributed by atoms with E-state index in [1.807, 2.05) is 0 Å². The number of aldehydes is 1. The fourth-order valence-corrected chi connectivity index (χ4v) is 1.08. The predicted octanol–water partition coefficient (Wildman–Crippen LogP) is 2.43. The van der Waals surface area contributed by atoms with Crippen molar-refractivity contribution < 1.29 is 17.7 Å². The monoisotopic (exact) mass is 187 g/mol. The van der Waals surface area contributed by atoms with Crippen LogP contribution in [0.5, 0.6) is 0 Å². The van der Waals surface area contributed by atoms with Gasteiger partial charge < -0.3 is 12.9 Å². The Bertz CT molecular complexity index is 309. The summed E-state index contributed by atoms with van der Waals surface area (Å²) in [6.45, 7) is -4.87. The molecule has 0 fully saturated rings. The number of benzene rings is 1. The molecule has 5 heteroatoms. The van der Waals surface area contributed by atoms with Crippen LogP contribution in [0.15, 0.2) is 24.3 Å². The standard InChI is InChI=1S/C8H7BF3O/c10-9(11,12)5-7-3-1-2-4-8(7)6-13/h1-4,6H,5H2/q-1. The van der Waals surface area contributed by atoms with Gasteiger partial charge in [0.2, 0.25) is 0 Å². The first-order valence-corrected chi connectivity index (χ1v) is 3.77. The molecular formula is C8H7BF3O-. The first kappa shape index (κ1) is 9.83. The lowest BCUT2D eigenvalue weighted by Crippen LogP contribution is -2.20. The zero-order valence-electron chi connectivity index (χ0n) is 6.71. The molecular weight excluding hydrogens is 180 g/mol. The van der Waals surface area contributed by atoms with Crippen LogP contribution in [0, 0.1) is 0 Å². The fourth-order valence-electron chi connectivity index (χ4n) is 1.08. The van der Waals surface area contributed by atoms with Crippen LogP contribution in [-0.2, 0) is 6.32 Å². The summed E-state index contributed by atoms with van der Waals surface area (Å²) in [7, 11) is 0. The number of hydrogen-bond acceptors (Lipinski definition) is 1. The van der Waals surface area contributed by atoms with Crippen LogP contribution in [0.1, 0.15) is 15.9 Å². The van der Waals surface area contributed by atoms with Crippen LogP contribution in [0.4, 0.5) is 12.9 Å². The highest BCUT2D eigenvalue weighted by atomic mass is 19.4. The number of carbonyl (C=O) groups is 1. The lowest BCUT2D eigenvalue weighted by Gasteiger charge is -2.14. The van der Waals surface area contributed by atoms with E-state index in [2.05, 4.69) is 0 Å². The second kappa shape index (κ2) is 3.64. The highest BCUT2D eigenvalue weighted by Crippen LogP contribution is 2.18. The molecule has 0 unspecified atom stereocenters. The zero-order chi connectivity index (χ0) is 9.90. The van der Waals surface area contributed by atoms with Gasteiger partial charge in [-0.05, 0) is 0 Å². The Morgan fingerprint density at radius 1 is 1.23 bits per heavy atom. The maximum atomic E-state index is 12.0. The van der Waals surface area contributed by atoms with Crippen molar-refractivity contribution in [3.63, 3.8) is 0 Å². The highest BCUT2D eigenvalue weighted by molar-refractivity contribution is 6.57. The lowest BCUT2D eigenvalue weighted by molar-refractivity contribution is 0.112. The molecule has 1 rings (SSSR count). The summed E-state index contributed by atoms with van der Waals surface area (Å²) >= 11 is 0. The van der Waals surface area contributed by atoms with Crippen LogP contribution >= 0.6 is 0 Å². The Morgan fingerprint density at radius 2 is 1.85 bits per heavy atom. The van der Waals surface area contributed by atoms with Crippen LogP contribution in [0.25, 0.3) is 0 Å². The third kappa shape index (κ3) is 2.93. The molecule has 0 aliphatic heterocycles. The summed E-state index contributed by atoms with van der Waals surface area (Å²) in [5.74, 6) is 0. The average molecular weight is 187 g/mol. The number of hydrogen-bond donors (Lipinski definition) is 0. The highest BCUT2D eigenvalue weighted by Gasteiger charge is 2.24. The number of halogens is 3. The first-order valence-electron chi connectivity index (χ1n) is 3.77. The second-order valence-corrected chi connectivity index (χ2v) is 2.73. The third-order valence-electron chi connectivity index (χ3n) is 1.63. The summed E-state index contributed by atoms with van der Waals surface area (Å²) in [4.78, 5) is 10.4. The molecule has 0 aromatic heterocycles. The van der Waals surface area contributed by atoms with Crippen molar-refractivity contribution in [1.82, 2.24) is 0 Å². The average Bonchev–Trinajstić information content (AvgIpc) is 2.02. The summed E-state index contributed by atoms with van der Waals surface area (Å²) in [5, 5.41) is 0. The van der Waals surface area contributed by atoms with E-state index >= 15 is 0 Å². The van der Waals surface area contributed by atoms with Gasteiger partial charge in [0.15, 0.2) is 0 Å². The van der Waals surface area contributed by atoms with E-state index < -0.39 is 13.3 Å². The Morgan fingerprint density at radius 3 is 2.38 bits per heavy atom. The van der Waals surface area contributed by atoms with Gasteiger partial charge in [-0.25, -0.2) is 0 Å². The normalized spacial score (nSPS) is 11.3. The van der Waals surface area contributed by atoms with Crippen molar-refractivity contribution in [2.24, 2.45) is 0 Å². The van der Waals surface area contributed by atoms with Crippen molar-refractivity contribution in [1.29, 1.82) is 0 Å². The first-order chi connectivity index (χ1) is 6.03. The molecule has 0 aliphatic rings. The van der Waals surface area contributed by atoms with Gasteiger partial charge in [-0.1, -0.05) is 36.1 Å². The van der Waals surface area contributed by atoms with Crippen LogP contribution in [0.3, 0.4) is 0 Å². The Kier molecular flexibility index (Phi) is 2.75. The van der Waals surface area contributed by atoms with Gasteiger partial charge in [0, 0.05) is 5.56 Å². The Labute approximate surface area is 73.6 Å². The summed E-state index contributed by atoms with van der Waals surface area (Å²) in [6.07, 6.45) is -0.550. The molecule has 1 nitrogen and oxygen atoms in total. The minimum Gasteiger partial charge on any atom is -0.449 e. The smallest absolute Gasteiger partial charge is 0.449 e. The van der Waals surface area contributed by atoms with Gasteiger partial charge in [-0.2, -0.15) is 0 Å². The van der Waals surface area contributed by atoms with Gasteiger partial charge in [0.25, 0.3) is 0 Å². The molecule has 0 spiro atoms. The molecule has 13 heavy (non-hydrogen) atoms. The van der Waals surface area contributed by atoms with Crippen molar-refractivity contribution in [2.75, 3.05) is 0 Å². The van der Waals surface area contributed by atoms with Crippen molar-refractivity contribution in [3.05, 3.63) is 35.4 Å². The maximum absolute atomic E-state index is 12.0. The predicted molar refractivity (Wildman–Crippen MR) is 44.6 cm³/mol. The van der Waals surface area contributed by atoms with Crippen LogP contribution < -0.4 is 0 Å². The molecule has 0 saturated heterocycles. The molecule has 0 aliphatic carbocycles. The summed E-state index contributed by atoms with van der Waals surface area (Å²) in [6, 6.07) is 5.73. The maximum Gasteiger partial charge on any atom is 0.482 e. The Hall–Kier alpha value is -1.26. The van der Waals surface area contributed by atoms with Gasteiger partial charge in [0.1, 0.15) is 6.29 Å². The quantitative estimate of drug-likeness (QED) is 0.524. The van der Waals surface area contributed by atoms with Crippen molar-refractivity contribution in [3.8, 4) is 0 Å². The van der Waals surface area contributed by atoms with Crippen LogP contribution in [-0.4, -0.2) is 13.3 Å². The number of rotatable bonds is 3. The van der Waals surface area contributed by atoms with Crippen molar-refractivity contribution in [2.45, 2.75) is 6.32 Å². The molecule has 0 radical (unpaired) electrons.